The number of carbonyl (C=O) groups is 1. The van der Waals surface area contributed by atoms with E-state index in [-0.39, 0.29) is 11.8 Å². The van der Waals surface area contributed by atoms with Crippen molar-refractivity contribution >= 4 is 38.4 Å². The summed E-state index contributed by atoms with van der Waals surface area (Å²) in [5.74, 6) is 0.0785. The number of hydrogen-bond donors (Lipinski definition) is 1. The fourth-order valence-electron chi connectivity index (χ4n) is 2.05. The number of pyridine rings is 1. The minimum Gasteiger partial charge on any atom is -0.324 e. The van der Waals surface area contributed by atoms with Gasteiger partial charge in [0.25, 0.3) is 0 Å². The first kappa shape index (κ1) is 14.0. The minimum atomic E-state index is 0.0238. The summed E-state index contributed by atoms with van der Waals surface area (Å²) in [7, 11) is 0. The van der Waals surface area contributed by atoms with Gasteiger partial charge in [0.15, 0.2) is 0 Å². The second-order valence-corrected chi connectivity index (χ2v) is 5.63. The molecule has 0 spiro atoms. The molecule has 100 valence electrons. The maximum Gasteiger partial charge on any atom is 0.227 e. The molecule has 1 heterocycles. The van der Waals surface area contributed by atoms with Crippen LogP contribution in [0.4, 0.5) is 5.69 Å². The summed E-state index contributed by atoms with van der Waals surface area (Å²) in [5, 5.41) is 3.98. The highest BCUT2D eigenvalue weighted by molar-refractivity contribution is 9.10. The van der Waals surface area contributed by atoms with E-state index in [1.54, 1.807) is 6.20 Å². The lowest BCUT2D eigenvalue weighted by molar-refractivity contribution is -0.119. The van der Waals surface area contributed by atoms with Crippen molar-refractivity contribution in [3.05, 3.63) is 34.9 Å². The third-order valence-electron chi connectivity index (χ3n) is 3.10. The summed E-state index contributed by atoms with van der Waals surface area (Å²) in [6, 6.07) is 7.79. The summed E-state index contributed by atoms with van der Waals surface area (Å²) in [6.07, 6.45) is 3.65. The number of para-hydroxylation sites is 1. The number of nitrogens with one attached hydrogen (secondary N) is 1. The van der Waals surface area contributed by atoms with Gasteiger partial charge in [-0.25, -0.2) is 0 Å². The predicted molar refractivity (Wildman–Crippen MR) is 82.1 cm³/mol. The molecule has 19 heavy (non-hydrogen) atoms. The Bertz CT molecular complexity index is 598. The SMILES string of the molecule is CCCC(C)C(=O)Nc1cccc2cc(Br)cnc12. The summed E-state index contributed by atoms with van der Waals surface area (Å²) in [5.41, 5.74) is 1.60. The van der Waals surface area contributed by atoms with Crippen LogP contribution in [0.15, 0.2) is 34.9 Å². The maximum atomic E-state index is 12.1. The predicted octanol–water partition coefficient (Wildman–Crippen LogP) is 4.37. The Hall–Kier alpha value is -1.42. The van der Waals surface area contributed by atoms with E-state index in [0.717, 1.165) is 33.9 Å². The number of rotatable bonds is 4. The van der Waals surface area contributed by atoms with Gasteiger partial charge in [0, 0.05) is 22.0 Å². The molecule has 2 aromatic rings. The molecule has 1 aromatic carbocycles. The van der Waals surface area contributed by atoms with Crippen LogP contribution in [0.2, 0.25) is 0 Å². The Kier molecular flexibility index (Phi) is 4.53. The number of benzene rings is 1. The van der Waals surface area contributed by atoms with Crippen LogP contribution in [0.5, 0.6) is 0 Å². The van der Waals surface area contributed by atoms with Crippen molar-refractivity contribution in [2.75, 3.05) is 5.32 Å². The smallest absolute Gasteiger partial charge is 0.227 e. The standard InChI is InChI=1S/C15H17BrN2O/c1-3-5-10(2)15(19)18-13-7-4-6-11-8-12(16)9-17-14(11)13/h4,6-10H,3,5H2,1-2H3,(H,18,19). The molecule has 1 N–H and O–H groups in total. The fourth-order valence-corrected chi connectivity index (χ4v) is 2.40. The highest BCUT2D eigenvalue weighted by Crippen LogP contribution is 2.24. The first-order valence-corrected chi connectivity index (χ1v) is 7.26. The van der Waals surface area contributed by atoms with Gasteiger partial charge in [-0.05, 0) is 34.5 Å². The van der Waals surface area contributed by atoms with Gasteiger partial charge >= 0.3 is 0 Å². The van der Waals surface area contributed by atoms with Crippen molar-refractivity contribution < 1.29 is 4.79 Å². The number of aromatic nitrogens is 1. The normalized spacial score (nSPS) is 12.4. The molecular formula is C15H17BrN2O. The first-order chi connectivity index (χ1) is 9.11. The van der Waals surface area contributed by atoms with Gasteiger partial charge < -0.3 is 5.32 Å². The Morgan fingerprint density at radius 3 is 3.00 bits per heavy atom. The second-order valence-electron chi connectivity index (χ2n) is 4.71. The highest BCUT2D eigenvalue weighted by Gasteiger charge is 2.13. The molecule has 0 saturated heterocycles. The lowest BCUT2D eigenvalue weighted by Crippen LogP contribution is -2.20. The van der Waals surface area contributed by atoms with E-state index in [1.807, 2.05) is 31.2 Å². The molecule has 3 nitrogen and oxygen atoms in total. The Morgan fingerprint density at radius 1 is 1.47 bits per heavy atom. The molecule has 4 heteroatoms. The van der Waals surface area contributed by atoms with Crippen molar-refractivity contribution in [3.8, 4) is 0 Å². The van der Waals surface area contributed by atoms with Crippen molar-refractivity contribution in [2.24, 2.45) is 5.92 Å². The van der Waals surface area contributed by atoms with Crippen LogP contribution in [-0.2, 0) is 4.79 Å². The van der Waals surface area contributed by atoms with E-state index in [2.05, 4.69) is 33.2 Å². The molecule has 0 bridgehead atoms. The van der Waals surface area contributed by atoms with Crippen molar-refractivity contribution in [2.45, 2.75) is 26.7 Å². The van der Waals surface area contributed by atoms with E-state index in [9.17, 15) is 4.79 Å². The van der Waals surface area contributed by atoms with Gasteiger partial charge in [0.1, 0.15) is 0 Å². The zero-order chi connectivity index (χ0) is 13.8. The molecule has 0 aliphatic carbocycles. The van der Waals surface area contributed by atoms with Crippen LogP contribution < -0.4 is 5.32 Å². The van der Waals surface area contributed by atoms with Crippen molar-refractivity contribution in [1.29, 1.82) is 0 Å². The summed E-state index contributed by atoms with van der Waals surface area (Å²) < 4.78 is 0.933. The van der Waals surface area contributed by atoms with Crippen LogP contribution >= 0.6 is 15.9 Å². The van der Waals surface area contributed by atoms with Crippen molar-refractivity contribution in [1.82, 2.24) is 4.98 Å². The molecule has 0 saturated carbocycles. The molecule has 0 aliphatic heterocycles. The van der Waals surface area contributed by atoms with Crippen LogP contribution in [0.3, 0.4) is 0 Å². The molecule has 1 unspecified atom stereocenters. The topological polar surface area (TPSA) is 42.0 Å². The van der Waals surface area contributed by atoms with E-state index in [4.69, 9.17) is 0 Å². The number of anilines is 1. The zero-order valence-electron chi connectivity index (χ0n) is 11.1. The van der Waals surface area contributed by atoms with Crippen LogP contribution in [-0.4, -0.2) is 10.9 Å². The van der Waals surface area contributed by atoms with E-state index in [1.165, 1.54) is 0 Å². The Balaban J connectivity index is 2.28. The number of nitrogens with zero attached hydrogens (tertiary/aromatic N) is 1. The van der Waals surface area contributed by atoms with E-state index < -0.39 is 0 Å². The van der Waals surface area contributed by atoms with Gasteiger partial charge in [0.05, 0.1) is 11.2 Å². The number of halogens is 1. The zero-order valence-corrected chi connectivity index (χ0v) is 12.7. The quantitative estimate of drug-likeness (QED) is 0.908. The van der Waals surface area contributed by atoms with Crippen molar-refractivity contribution in [3.63, 3.8) is 0 Å². The third-order valence-corrected chi connectivity index (χ3v) is 3.54. The molecule has 0 fully saturated rings. The fraction of sp³-hybridized carbons (Fsp3) is 0.333. The Labute approximate surface area is 121 Å². The molecule has 1 amide bonds. The number of carbonyl (C=O) groups excluding carboxylic acids is 1. The molecule has 1 aromatic heterocycles. The lowest BCUT2D eigenvalue weighted by Gasteiger charge is -2.12. The van der Waals surface area contributed by atoms with Crippen LogP contribution in [0.1, 0.15) is 26.7 Å². The molecule has 0 aliphatic rings. The van der Waals surface area contributed by atoms with Gasteiger partial charge in [-0.2, -0.15) is 0 Å². The summed E-state index contributed by atoms with van der Waals surface area (Å²) >= 11 is 3.40. The van der Waals surface area contributed by atoms with E-state index >= 15 is 0 Å². The Morgan fingerprint density at radius 2 is 2.26 bits per heavy atom. The average molecular weight is 321 g/mol. The molecule has 2 rings (SSSR count). The molecular weight excluding hydrogens is 304 g/mol. The number of amides is 1. The monoisotopic (exact) mass is 320 g/mol. The van der Waals surface area contributed by atoms with Gasteiger partial charge in [-0.1, -0.05) is 32.4 Å². The molecule has 0 radical (unpaired) electrons. The second kappa shape index (κ2) is 6.15. The average Bonchev–Trinajstić information content (AvgIpc) is 2.38. The van der Waals surface area contributed by atoms with Gasteiger partial charge in [-0.3, -0.25) is 9.78 Å². The largest absolute Gasteiger partial charge is 0.324 e. The van der Waals surface area contributed by atoms with E-state index in [0.29, 0.717) is 0 Å². The summed E-state index contributed by atoms with van der Waals surface area (Å²) in [6.45, 7) is 4.04. The molecule has 1 atom stereocenters. The minimum absolute atomic E-state index is 0.0238. The summed E-state index contributed by atoms with van der Waals surface area (Å²) in [4.78, 5) is 16.4. The van der Waals surface area contributed by atoms with Crippen LogP contribution in [0, 0.1) is 5.92 Å². The highest BCUT2D eigenvalue weighted by atomic mass is 79.9. The number of fused-ring (bicyclic) bond motifs is 1. The third kappa shape index (κ3) is 3.32. The lowest BCUT2D eigenvalue weighted by atomic mass is 10.1. The van der Waals surface area contributed by atoms with Crippen LogP contribution in [0.25, 0.3) is 10.9 Å². The van der Waals surface area contributed by atoms with Gasteiger partial charge in [0.2, 0.25) is 5.91 Å². The van der Waals surface area contributed by atoms with Gasteiger partial charge in [-0.15, -0.1) is 0 Å². The maximum absolute atomic E-state index is 12.1. The first-order valence-electron chi connectivity index (χ1n) is 6.47. The number of hydrogen-bond acceptors (Lipinski definition) is 2.